The predicted molar refractivity (Wildman–Crippen MR) is 133 cm³/mol. The first-order chi connectivity index (χ1) is 14.9. The van der Waals surface area contributed by atoms with E-state index in [9.17, 15) is 14.7 Å². The molecular formula is C22H20Br2N2O3S2. The van der Waals surface area contributed by atoms with Gasteiger partial charge in [-0.05, 0) is 48.7 Å². The van der Waals surface area contributed by atoms with Crippen molar-refractivity contribution in [3.63, 3.8) is 0 Å². The number of aromatic nitrogens is 1. The van der Waals surface area contributed by atoms with Crippen molar-refractivity contribution in [3.8, 4) is 0 Å². The number of carboxylic acids is 1. The van der Waals surface area contributed by atoms with Crippen LogP contribution in [-0.2, 0) is 15.3 Å². The molecule has 1 fully saturated rings. The Morgan fingerprint density at radius 1 is 1.13 bits per heavy atom. The molecule has 2 atom stereocenters. The average Bonchev–Trinajstić information content (AvgIpc) is 3.15. The first-order valence-corrected chi connectivity index (χ1v) is 13.3. The fraction of sp³-hybridized carbons (Fsp3) is 0.318. The fourth-order valence-corrected chi connectivity index (χ4v) is 7.28. The maximum atomic E-state index is 12.7. The van der Waals surface area contributed by atoms with Crippen molar-refractivity contribution in [2.75, 3.05) is 5.32 Å². The Labute approximate surface area is 205 Å². The van der Waals surface area contributed by atoms with Gasteiger partial charge in [-0.3, -0.25) is 9.59 Å². The molecule has 0 aliphatic heterocycles. The molecule has 5 nitrogen and oxygen atoms in total. The number of halogens is 2. The maximum Gasteiger partial charge on any atom is 0.307 e. The molecule has 1 aliphatic rings. The van der Waals surface area contributed by atoms with Crippen LogP contribution in [0, 0.1) is 11.8 Å². The molecule has 0 unspecified atom stereocenters. The lowest BCUT2D eigenvalue weighted by Crippen LogP contribution is -2.36. The van der Waals surface area contributed by atoms with E-state index in [1.165, 1.54) is 5.56 Å². The number of fused-ring (bicyclic) bond motifs is 1. The molecule has 2 aromatic carbocycles. The third-order valence-electron chi connectivity index (χ3n) is 5.42. The van der Waals surface area contributed by atoms with E-state index in [0.29, 0.717) is 18.5 Å². The first-order valence-electron chi connectivity index (χ1n) is 9.91. The van der Waals surface area contributed by atoms with Gasteiger partial charge in [-0.1, -0.05) is 62.5 Å². The minimum Gasteiger partial charge on any atom is -0.481 e. The predicted octanol–water partition coefficient (Wildman–Crippen LogP) is 6.94. The number of nitrogens with zero attached hydrogens (tertiary/aromatic N) is 1. The SMILES string of the molecule is O=C(O)[C@H]1CCCC[C@@H]1C(=O)Nc1ccc2nc(SCc3ccc(Br)cc3Br)sc2c1. The van der Waals surface area contributed by atoms with Gasteiger partial charge in [0.1, 0.15) is 0 Å². The van der Waals surface area contributed by atoms with Crippen LogP contribution < -0.4 is 5.32 Å². The summed E-state index contributed by atoms with van der Waals surface area (Å²) in [7, 11) is 0. The van der Waals surface area contributed by atoms with Gasteiger partial charge in [0.15, 0.2) is 4.34 Å². The van der Waals surface area contributed by atoms with Gasteiger partial charge < -0.3 is 10.4 Å². The molecule has 0 bridgehead atoms. The highest BCUT2D eigenvalue weighted by Gasteiger charge is 2.35. The van der Waals surface area contributed by atoms with Crippen LogP contribution in [0.2, 0.25) is 0 Å². The number of carbonyl (C=O) groups is 2. The number of carboxylic acid groups (broad SMARTS) is 1. The summed E-state index contributed by atoms with van der Waals surface area (Å²) >= 11 is 10.3. The number of thioether (sulfide) groups is 1. The van der Waals surface area contributed by atoms with Crippen LogP contribution in [-0.4, -0.2) is 22.0 Å². The van der Waals surface area contributed by atoms with Gasteiger partial charge in [-0.25, -0.2) is 4.98 Å². The average molecular weight is 584 g/mol. The molecule has 162 valence electrons. The summed E-state index contributed by atoms with van der Waals surface area (Å²) in [6.45, 7) is 0. The van der Waals surface area contributed by atoms with Gasteiger partial charge in [0.25, 0.3) is 0 Å². The van der Waals surface area contributed by atoms with Crippen molar-refractivity contribution in [3.05, 3.63) is 50.9 Å². The number of aliphatic carboxylic acids is 1. The monoisotopic (exact) mass is 582 g/mol. The zero-order valence-corrected chi connectivity index (χ0v) is 21.2. The molecular weight excluding hydrogens is 564 g/mol. The lowest BCUT2D eigenvalue weighted by atomic mass is 9.78. The van der Waals surface area contributed by atoms with E-state index in [-0.39, 0.29) is 5.91 Å². The van der Waals surface area contributed by atoms with E-state index >= 15 is 0 Å². The molecule has 3 aromatic rings. The van der Waals surface area contributed by atoms with Gasteiger partial charge in [0, 0.05) is 20.4 Å². The molecule has 9 heteroatoms. The number of hydrogen-bond donors (Lipinski definition) is 2. The Bertz CT molecular complexity index is 1140. The number of amides is 1. The third-order valence-corrected chi connectivity index (χ3v) is 8.86. The fourth-order valence-electron chi connectivity index (χ4n) is 3.80. The zero-order chi connectivity index (χ0) is 22.0. The Hall–Kier alpha value is -1.42. The van der Waals surface area contributed by atoms with Crippen LogP contribution in [0.1, 0.15) is 31.2 Å². The van der Waals surface area contributed by atoms with E-state index in [2.05, 4.69) is 48.2 Å². The lowest BCUT2D eigenvalue weighted by Gasteiger charge is -2.27. The molecule has 1 heterocycles. The molecule has 1 aromatic heterocycles. The van der Waals surface area contributed by atoms with E-state index in [0.717, 1.165) is 42.1 Å². The van der Waals surface area contributed by atoms with Crippen LogP contribution in [0.3, 0.4) is 0 Å². The van der Waals surface area contributed by atoms with Crippen LogP contribution in [0.25, 0.3) is 10.2 Å². The topological polar surface area (TPSA) is 79.3 Å². The third kappa shape index (κ3) is 5.50. The van der Waals surface area contributed by atoms with Gasteiger partial charge in [-0.15, -0.1) is 11.3 Å². The quantitative estimate of drug-likeness (QED) is 0.307. The second-order valence-electron chi connectivity index (χ2n) is 7.51. The van der Waals surface area contributed by atoms with Crippen molar-refractivity contribution in [2.45, 2.75) is 35.8 Å². The molecule has 0 spiro atoms. The minimum absolute atomic E-state index is 0.203. The Morgan fingerprint density at radius 2 is 1.90 bits per heavy atom. The van der Waals surface area contributed by atoms with Gasteiger partial charge >= 0.3 is 5.97 Å². The summed E-state index contributed by atoms with van der Waals surface area (Å²) in [5.41, 5.74) is 2.77. The summed E-state index contributed by atoms with van der Waals surface area (Å²) < 4.78 is 4.05. The summed E-state index contributed by atoms with van der Waals surface area (Å²) in [4.78, 5) is 28.9. The van der Waals surface area contributed by atoms with Crippen LogP contribution >= 0.6 is 55.0 Å². The van der Waals surface area contributed by atoms with Crippen molar-refractivity contribution >= 4 is 82.7 Å². The number of thiazole rings is 1. The van der Waals surface area contributed by atoms with Crippen molar-refractivity contribution < 1.29 is 14.7 Å². The van der Waals surface area contributed by atoms with Crippen LogP contribution in [0.4, 0.5) is 5.69 Å². The highest BCUT2D eigenvalue weighted by atomic mass is 79.9. The maximum absolute atomic E-state index is 12.7. The summed E-state index contributed by atoms with van der Waals surface area (Å²) in [6, 6.07) is 11.8. The highest BCUT2D eigenvalue weighted by Crippen LogP contribution is 2.35. The largest absolute Gasteiger partial charge is 0.481 e. The standard InChI is InChI=1S/C22H20Br2N2O3S2/c23-13-6-5-12(17(24)9-13)11-30-22-26-18-8-7-14(10-19(18)31-22)25-20(27)15-3-1-2-4-16(15)21(28)29/h5-10,15-16H,1-4,11H2,(H,25,27)(H,28,29)/t15-,16-/m0/s1. The number of hydrogen-bond acceptors (Lipinski definition) is 5. The van der Waals surface area contributed by atoms with Crippen LogP contribution in [0.15, 0.2) is 49.7 Å². The highest BCUT2D eigenvalue weighted by molar-refractivity contribution is 9.11. The van der Waals surface area contributed by atoms with Crippen molar-refractivity contribution in [1.29, 1.82) is 0 Å². The normalized spacial score (nSPS) is 18.8. The first kappa shape index (κ1) is 22.8. The molecule has 0 saturated heterocycles. The molecule has 4 rings (SSSR count). The molecule has 1 aliphatic carbocycles. The van der Waals surface area contributed by atoms with Crippen LogP contribution in [0.5, 0.6) is 0 Å². The summed E-state index contributed by atoms with van der Waals surface area (Å²) in [5.74, 6) is -1.35. The number of carbonyl (C=O) groups excluding carboxylic acids is 1. The molecule has 1 amide bonds. The molecule has 1 saturated carbocycles. The van der Waals surface area contributed by atoms with Gasteiger partial charge in [0.2, 0.25) is 5.91 Å². The number of anilines is 1. The smallest absolute Gasteiger partial charge is 0.307 e. The van der Waals surface area contributed by atoms with Crippen molar-refractivity contribution in [1.82, 2.24) is 4.98 Å². The zero-order valence-electron chi connectivity index (χ0n) is 16.4. The second-order valence-corrected chi connectivity index (χ2v) is 11.5. The van der Waals surface area contributed by atoms with E-state index in [1.807, 2.05) is 30.3 Å². The number of nitrogens with one attached hydrogen (secondary N) is 1. The van der Waals surface area contributed by atoms with E-state index in [4.69, 9.17) is 0 Å². The number of rotatable bonds is 6. The molecule has 0 radical (unpaired) electrons. The lowest BCUT2D eigenvalue weighted by molar-refractivity contribution is -0.147. The van der Waals surface area contributed by atoms with Gasteiger partial charge in [-0.2, -0.15) is 0 Å². The van der Waals surface area contributed by atoms with Gasteiger partial charge in [0.05, 0.1) is 22.1 Å². The summed E-state index contributed by atoms with van der Waals surface area (Å²) in [5, 5.41) is 12.4. The second kappa shape index (κ2) is 10.0. The molecule has 2 N–H and O–H groups in total. The number of benzene rings is 2. The van der Waals surface area contributed by atoms with E-state index < -0.39 is 17.8 Å². The summed E-state index contributed by atoms with van der Waals surface area (Å²) in [6.07, 6.45) is 2.95. The van der Waals surface area contributed by atoms with E-state index in [1.54, 1.807) is 23.1 Å². The molecule has 31 heavy (non-hydrogen) atoms. The Kier molecular flexibility index (Phi) is 7.36. The Balaban J connectivity index is 1.44. The Morgan fingerprint density at radius 3 is 2.65 bits per heavy atom. The van der Waals surface area contributed by atoms with Crippen molar-refractivity contribution in [2.24, 2.45) is 11.8 Å². The minimum atomic E-state index is -0.878.